The number of pyridine rings is 1. The van der Waals surface area contributed by atoms with E-state index < -0.39 is 0 Å². The topological polar surface area (TPSA) is 71.2 Å². The van der Waals surface area contributed by atoms with E-state index in [2.05, 4.69) is 22.9 Å². The summed E-state index contributed by atoms with van der Waals surface area (Å²) in [5, 5.41) is 3.04. The van der Waals surface area contributed by atoms with Crippen LogP contribution in [0.25, 0.3) is 0 Å². The summed E-state index contributed by atoms with van der Waals surface area (Å²) in [4.78, 5) is 19.9. The van der Waals surface area contributed by atoms with E-state index >= 15 is 0 Å². The average Bonchev–Trinajstić information content (AvgIpc) is 2.76. The number of piperidine rings is 1. The molecule has 3 N–H and O–H groups in total. The number of likely N-dealkylation sites (tertiary alicyclic amines) is 1. The van der Waals surface area contributed by atoms with Crippen LogP contribution in [0.5, 0.6) is 0 Å². The first-order valence-corrected chi connectivity index (χ1v) is 10.9. The van der Waals surface area contributed by atoms with Crippen LogP contribution in [0.2, 0.25) is 0 Å². The van der Waals surface area contributed by atoms with Gasteiger partial charge in [-0.1, -0.05) is 38.0 Å². The molecule has 1 atom stereocenters. The molecule has 29 heavy (non-hydrogen) atoms. The zero-order valence-electron chi connectivity index (χ0n) is 17.6. The predicted octanol–water partition coefficient (Wildman–Crippen LogP) is 4.26. The van der Waals surface area contributed by atoms with Gasteiger partial charge in [-0.05, 0) is 56.9 Å². The standard InChI is InChI=1S/C24H34N4O/c1-3-10-23(28-16-9-13-19(25)17-28)20(4-2)27-24(29)22-15-8-14-21(26-22)18-11-6-5-7-12-18/h3-4,8,10,14-15,18-19H,2,5-7,9,11-13,16-17,25H2,1H3,(H,27,29)/b10-3-,23-20-/t19-/m0/s1. The molecule has 2 fully saturated rings. The van der Waals surface area contributed by atoms with Crippen LogP contribution in [0.1, 0.15) is 74.0 Å². The number of carbonyl (C=O) groups excluding carboxylic acids is 1. The lowest BCUT2D eigenvalue weighted by atomic mass is 9.86. The van der Waals surface area contributed by atoms with Gasteiger partial charge >= 0.3 is 0 Å². The quantitative estimate of drug-likeness (QED) is 0.708. The molecule has 0 aromatic carbocycles. The molecule has 2 aliphatic rings. The van der Waals surface area contributed by atoms with Gasteiger partial charge in [0.2, 0.25) is 0 Å². The fourth-order valence-electron chi connectivity index (χ4n) is 4.36. The second-order valence-corrected chi connectivity index (χ2v) is 8.09. The molecular formula is C24H34N4O. The van der Waals surface area contributed by atoms with Gasteiger partial charge in [-0.25, -0.2) is 4.98 Å². The van der Waals surface area contributed by atoms with E-state index in [4.69, 9.17) is 10.7 Å². The summed E-state index contributed by atoms with van der Waals surface area (Å²) in [6.45, 7) is 7.61. The number of hydrogen-bond acceptors (Lipinski definition) is 4. The summed E-state index contributed by atoms with van der Waals surface area (Å²) in [5.74, 6) is 0.278. The molecule has 0 spiro atoms. The van der Waals surface area contributed by atoms with Crippen molar-refractivity contribution in [3.63, 3.8) is 0 Å². The molecule has 1 aromatic rings. The number of nitrogens with two attached hydrogens (primary N) is 1. The van der Waals surface area contributed by atoms with Crippen molar-refractivity contribution in [2.45, 2.75) is 63.8 Å². The molecule has 1 saturated heterocycles. The van der Waals surface area contributed by atoms with Crippen LogP contribution >= 0.6 is 0 Å². The van der Waals surface area contributed by atoms with Gasteiger partial charge < -0.3 is 16.0 Å². The van der Waals surface area contributed by atoms with Crippen LogP contribution in [0, 0.1) is 0 Å². The van der Waals surface area contributed by atoms with E-state index in [0.29, 0.717) is 17.3 Å². The summed E-state index contributed by atoms with van der Waals surface area (Å²) in [7, 11) is 0. The van der Waals surface area contributed by atoms with Crippen molar-refractivity contribution < 1.29 is 4.79 Å². The highest BCUT2D eigenvalue weighted by Gasteiger charge is 2.21. The Kier molecular flexibility index (Phi) is 7.64. The molecule has 1 saturated carbocycles. The molecule has 1 aromatic heterocycles. The molecule has 1 amide bonds. The first-order valence-electron chi connectivity index (χ1n) is 10.9. The van der Waals surface area contributed by atoms with E-state index in [1.165, 1.54) is 19.3 Å². The van der Waals surface area contributed by atoms with Gasteiger partial charge in [0.15, 0.2) is 0 Å². The second-order valence-electron chi connectivity index (χ2n) is 8.09. The minimum absolute atomic E-state index is 0.152. The Morgan fingerprint density at radius 1 is 1.24 bits per heavy atom. The lowest BCUT2D eigenvalue weighted by molar-refractivity contribution is 0.0960. The predicted molar refractivity (Wildman–Crippen MR) is 118 cm³/mol. The van der Waals surface area contributed by atoms with E-state index in [-0.39, 0.29) is 11.9 Å². The first-order chi connectivity index (χ1) is 14.1. The molecule has 2 heterocycles. The van der Waals surface area contributed by atoms with Gasteiger partial charge in [-0.15, -0.1) is 0 Å². The van der Waals surface area contributed by atoms with Crippen LogP contribution in [-0.4, -0.2) is 34.9 Å². The normalized spacial score (nSPS) is 21.7. The SMILES string of the molecule is C=C/C(NC(=O)c1cccc(C2CCCCC2)n1)=C(\C=C/C)N1CCC[C@H](N)C1. The lowest BCUT2D eigenvalue weighted by Gasteiger charge is -2.34. The number of hydrogen-bond donors (Lipinski definition) is 2. The maximum absolute atomic E-state index is 13.0. The van der Waals surface area contributed by atoms with Crippen molar-refractivity contribution in [3.8, 4) is 0 Å². The summed E-state index contributed by atoms with van der Waals surface area (Å²) in [6.07, 6.45) is 13.9. The summed E-state index contributed by atoms with van der Waals surface area (Å²) in [5.41, 5.74) is 9.32. The van der Waals surface area contributed by atoms with Crippen molar-refractivity contribution in [3.05, 3.63) is 65.8 Å². The Morgan fingerprint density at radius 2 is 2.03 bits per heavy atom. The molecule has 5 nitrogen and oxygen atoms in total. The van der Waals surface area contributed by atoms with Crippen molar-refractivity contribution in [1.82, 2.24) is 15.2 Å². The minimum atomic E-state index is -0.194. The molecular weight excluding hydrogens is 360 g/mol. The largest absolute Gasteiger partial charge is 0.368 e. The highest BCUT2D eigenvalue weighted by Crippen LogP contribution is 2.31. The van der Waals surface area contributed by atoms with E-state index in [9.17, 15) is 4.79 Å². The van der Waals surface area contributed by atoms with Crippen LogP contribution in [0.15, 0.2) is 54.4 Å². The fourth-order valence-corrected chi connectivity index (χ4v) is 4.36. The zero-order valence-corrected chi connectivity index (χ0v) is 17.6. The third-order valence-electron chi connectivity index (χ3n) is 5.88. The Balaban J connectivity index is 1.80. The lowest BCUT2D eigenvalue weighted by Crippen LogP contribution is -2.43. The maximum Gasteiger partial charge on any atom is 0.274 e. The van der Waals surface area contributed by atoms with Crippen LogP contribution < -0.4 is 11.1 Å². The summed E-state index contributed by atoms with van der Waals surface area (Å²) >= 11 is 0. The van der Waals surface area contributed by atoms with E-state index in [1.807, 2.05) is 25.1 Å². The number of amides is 1. The van der Waals surface area contributed by atoms with E-state index in [0.717, 1.165) is 50.2 Å². The summed E-state index contributed by atoms with van der Waals surface area (Å²) in [6, 6.07) is 5.94. The average molecular weight is 395 g/mol. The van der Waals surface area contributed by atoms with Crippen LogP contribution in [0.4, 0.5) is 0 Å². The number of nitrogens with zero attached hydrogens (tertiary/aromatic N) is 2. The molecule has 5 heteroatoms. The van der Waals surface area contributed by atoms with Crippen LogP contribution in [-0.2, 0) is 0 Å². The Morgan fingerprint density at radius 3 is 2.72 bits per heavy atom. The highest BCUT2D eigenvalue weighted by atomic mass is 16.1. The highest BCUT2D eigenvalue weighted by molar-refractivity contribution is 5.93. The minimum Gasteiger partial charge on any atom is -0.368 e. The molecule has 0 radical (unpaired) electrons. The van der Waals surface area contributed by atoms with Gasteiger partial charge in [0.05, 0.1) is 11.4 Å². The number of rotatable bonds is 6. The van der Waals surface area contributed by atoms with Crippen LogP contribution in [0.3, 0.4) is 0 Å². The van der Waals surface area contributed by atoms with Crippen molar-refractivity contribution in [1.29, 1.82) is 0 Å². The molecule has 3 rings (SSSR count). The van der Waals surface area contributed by atoms with Gasteiger partial charge in [-0.2, -0.15) is 0 Å². The second kappa shape index (κ2) is 10.4. The zero-order chi connectivity index (χ0) is 20.6. The fraction of sp³-hybridized carbons (Fsp3) is 0.500. The molecule has 0 unspecified atom stereocenters. The van der Waals surface area contributed by atoms with Crippen molar-refractivity contribution in [2.75, 3.05) is 13.1 Å². The van der Waals surface area contributed by atoms with Crippen molar-refractivity contribution >= 4 is 5.91 Å². The third-order valence-corrected chi connectivity index (χ3v) is 5.88. The Bertz CT molecular complexity index is 777. The van der Waals surface area contributed by atoms with Gasteiger partial charge in [0.25, 0.3) is 5.91 Å². The molecule has 1 aliphatic heterocycles. The van der Waals surface area contributed by atoms with Gasteiger partial charge in [0, 0.05) is 30.7 Å². The van der Waals surface area contributed by atoms with E-state index in [1.54, 1.807) is 12.1 Å². The Labute approximate surface area is 174 Å². The first kappa shape index (κ1) is 21.3. The van der Waals surface area contributed by atoms with Crippen molar-refractivity contribution in [2.24, 2.45) is 5.73 Å². The smallest absolute Gasteiger partial charge is 0.274 e. The molecule has 0 bridgehead atoms. The number of aromatic nitrogens is 1. The monoisotopic (exact) mass is 394 g/mol. The number of nitrogens with one attached hydrogen (secondary N) is 1. The third kappa shape index (κ3) is 5.57. The van der Waals surface area contributed by atoms with Gasteiger partial charge in [0.1, 0.15) is 5.69 Å². The Hall–Kier alpha value is -2.40. The summed E-state index contributed by atoms with van der Waals surface area (Å²) < 4.78 is 0. The molecule has 156 valence electrons. The molecule has 1 aliphatic carbocycles. The van der Waals surface area contributed by atoms with Gasteiger partial charge in [-0.3, -0.25) is 4.79 Å². The number of carbonyl (C=O) groups is 1. The maximum atomic E-state index is 13.0. The number of allylic oxidation sites excluding steroid dienone is 3.